The smallest absolute Gasteiger partial charge is 0.319 e. The van der Waals surface area contributed by atoms with Crippen molar-refractivity contribution in [1.82, 2.24) is 10.3 Å². The second kappa shape index (κ2) is 5.65. The van der Waals surface area contributed by atoms with Gasteiger partial charge in [0.1, 0.15) is 5.69 Å². The van der Waals surface area contributed by atoms with Gasteiger partial charge in [0.15, 0.2) is 5.52 Å². The number of hydrogen-bond donors (Lipinski definition) is 2. The van der Waals surface area contributed by atoms with E-state index in [1.54, 1.807) is 11.6 Å². The molecule has 8 heteroatoms. The number of rotatable bonds is 6. The molecule has 0 bridgehead atoms. The standard InChI is InChI=1S/C13H14N4O3S/c18-13(8-1-2-8)15-6-5-14-9-3-4-10-11(16-7-21-10)12(9)17(19)20/h3-4,7-8,14H,1-2,5-6H2,(H,15,18). The Balaban J connectivity index is 1.66. The lowest BCUT2D eigenvalue weighted by Gasteiger charge is -2.08. The molecule has 0 unspecified atom stereocenters. The number of nitro benzene ring substituents is 1. The Morgan fingerprint density at radius 1 is 1.43 bits per heavy atom. The van der Waals surface area contributed by atoms with Crippen LogP contribution in [0.15, 0.2) is 17.6 Å². The molecule has 0 spiro atoms. The summed E-state index contributed by atoms with van der Waals surface area (Å²) >= 11 is 1.37. The van der Waals surface area contributed by atoms with E-state index < -0.39 is 4.92 Å². The lowest BCUT2D eigenvalue weighted by Crippen LogP contribution is -2.29. The molecule has 1 amide bonds. The molecule has 0 saturated heterocycles. The van der Waals surface area contributed by atoms with Gasteiger partial charge in [0.2, 0.25) is 5.91 Å². The quantitative estimate of drug-likeness (QED) is 0.484. The number of nitrogens with one attached hydrogen (secondary N) is 2. The van der Waals surface area contributed by atoms with Crippen LogP contribution in [-0.4, -0.2) is 28.9 Å². The SMILES string of the molecule is O=C(NCCNc1ccc2scnc2c1[N+](=O)[O-])C1CC1. The van der Waals surface area contributed by atoms with Crippen molar-refractivity contribution in [2.24, 2.45) is 5.92 Å². The van der Waals surface area contributed by atoms with E-state index in [9.17, 15) is 14.9 Å². The van der Waals surface area contributed by atoms with Crippen LogP contribution in [0.4, 0.5) is 11.4 Å². The van der Waals surface area contributed by atoms with E-state index in [-0.39, 0.29) is 17.5 Å². The Hall–Kier alpha value is -2.22. The van der Waals surface area contributed by atoms with Crippen LogP contribution in [-0.2, 0) is 4.79 Å². The van der Waals surface area contributed by atoms with Crippen LogP contribution in [0.25, 0.3) is 10.2 Å². The fourth-order valence-corrected chi connectivity index (χ4v) is 2.80. The third kappa shape index (κ3) is 2.94. The summed E-state index contributed by atoms with van der Waals surface area (Å²) < 4.78 is 0.786. The van der Waals surface area contributed by atoms with E-state index in [0.717, 1.165) is 17.5 Å². The van der Waals surface area contributed by atoms with Crippen LogP contribution in [0.2, 0.25) is 0 Å². The van der Waals surface area contributed by atoms with Crippen molar-refractivity contribution in [3.63, 3.8) is 0 Å². The Labute approximate surface area is 124 Å². The van der Waals surface area contributed by atoms with E-state index >= 15 is 0 Å². The Bertz CT molecular complexity index is 696. The molecule has 1 aliphatic rings. The molecule has 1 saturated carbocycles. The van der Waals surface area contributed by atoms with Crippen LogP contribution >= 0.6 is 11.3 Å². The molecule has 1 aromatic carbocycles. The summed E-state index contributed by atoms with van der Waals surface area (Å²) in [5.74, 6) is 0.243. The monoisotopic (exact) mass is 306 g/mol. The maximum absolute atomic E-state index is 11.5. The second-order valence-corrected chi connectivity index (χ2v) is 5.80. The van der Waals surface area contributed by atoms with E-state index in [4.69, 9.17) is 0 Å². The highest BCUT2D eigenvalue weighted by atomic mass is 32.1. The first-order valence-electron chi connectivity index (χ1n) is 6.69. The van der Waals surface area contributed by atoms with Crippen LogP contribution in [0.5, 0.6) is 0 Å². The lowest BCUT2D eigenvalue weighted by atomic mass is 10.2. The summed E-state index contributed by atoms with van der Waals surface area (Å²) in [5.41, 5.74) is 2.41. The molecular formula is C13H14N4O3S. The average molecular weight is 306 g/mol. The van der Waals surface area contributed by atoms with Crippen LogP contribution < -0.4 is 10.6 Å². The number of nitro groups is 1. The zero-order valence-corrected chi connectivity index (χ0v) is 12.0. The molecule has 110 valence electrons. The number of hydrogen-bond acceptors (Lipinski definition) is 6. The number of fused-ring (bicyclic) bond motifs is 1. The number of anilines is 1. The number of amides is 1. The highest BCUT2D eigenvalue weighted by Crippen LogP contribution is 2.34. The second-order valence-electron chi connectivity index (χ2n) is 4.91. The van der Waals surface area contributed by atoms with Gasteiger partial charge in [-0.25, -0.2) is 4.98 Å². The molecule has 1 heterocycles. The Morgan fingerprint density at radius 3 is 2.95 bits per heavy atom. The van der Waals surface area contributed by atoms with E-state index in [1.807, 2.05) is 6.07 Å². The first-order chi connectivity index (χ1) is 10.2. The summed E-state index contributed by atoms with van der Waals surface area (Å²) in [6.45, 7) is 0.885. The maximum atomic E-state index is 11.5. The normalized spacial score (nSPS) is 14.1. The molecule has 1 aliphatic carbocycles. The number of aromatic nitrogens is 1. The van der Waals surface area contributed by atoms with Crippen molar-refractivity contribution in [1.29, 1.82) is 0 Å². The third-order valence-corrected chi connectivity index (χ3v) is 4.14. The summed E-state index contributed by atoms with van der Waals surface area (Å²) in [6, 6.07) is 3.49. The van der Waals surface area contributed by atoms with Crippen molar-refractivity contribution in [2.75, 3.05) is 18.4 Å². The number of benzene rings is 1. The van der Waals surface area contributed by atoms with Crippen molar-refractivity contribution < 1.29 is 9.72 Å². The van der Waals surface area contributed by atoms with Gasteiger partial charge >= 0.3 is 5.69 Å². The minimum Gasteiger partial charge on any atom is -0.378 e. The van der Waals surface area contributed by atoms with E-state index in [2.05, 4.69) is 15.6 Å². The van der Waals surface area contributed by atoms with E-state index in [0.29, 0.717) is 24.3 Å². The maximum Gasteiger partial charge on any atom is 0.319 e. The Morgan fingerprint density at radius 2 is 2.24 bits per heavy atom. The molecule has 0 atom stereocenters. The highest BCUT2D eigenvalue weighted by Gasteiger charge is 2.29. The number of carbonyl (C=O) groups excluding carboxylic acids is 1. The van der Waals surface area contributed by atoms with Crippen molar-refractivity contribution in [2.45, 2.75) is 12.8 Å². The molecule has 0 radical (unpaired) electrons. The molecule has 7 nitrogen and oxygen atoms in total. The van der Waals surface area contributed by atoms with Crippen molar-refractivity contribution in [3.05, 3.63) is 27.8 Å². The summed E-state index contributed by atoms with van der Waals surface area (Å²) in [7, 11) is 0. The van der Waals surface area contributed by atoms with Crippen LogP contribution in [0.3, 0.4) is 0 Å². The molecule has 3 rings (SSSR count). The molecule has 1 fully saturated rings. The fourth-order valence-electron chi connectivity index (χ4n) is 2.12. The Kier molecular flexibility index (Phi) is 3.70. The van der Waals surface area contributed by atoms with Crippen LogP contribution in [0, 0.1) is 16.0 Å². The molecular weight excluding hydrogens is 292 g/mol. The summed E-state index contributed by atoms with van der Waals surface area (Å²) in [5, 5.41) is 17.0. The molecule has 2 aromatic rings. The fraction of sp³-hybridized carbons (Fsp3) is 0.385. The minimum absolute atomic E-state index is 0.0118. The number of thiazole rings is 1. The predicted molar refractivity (Wildman–Crippen MR) is 80.5 cm³/mol. The minimum atomic E-state index is -0.423. The lowest BCUT2D eigenvalue weighted by molar-refractivity contribution is -0.382. The average Bonchev–Trinajstić information content (AvgIpc) is 3.20. The highest BCUT2D eigenvalue weighted by molar-refractivity contribution is 7.16. The van der Waals surface area contributed by atoms with Gasteiger partial charge in [-0.2, -0.15) is 0 Å². The zero-order valence-electron chi connectivity index (χ0n) is 11.2. The van der Waals surface area contributed by atoms with Crippen molar-refractivity contribution >= 4 is 38.8 Å². The van der Waals surface area contributed by atoms with E-state index in [1.165, 1.54) is 11.3 Å². The molecule has 0 aliphatic heterocycles. The predicted octanol–water partition coefficient (Wildman–Crippen LogP) is 2.14. The van der Waals surface area contributed by atoms with Gasteiger partial charge in [0.05, 0.1) is 15.1 Å². The topological polar surface area (TPSA) is 97.2 Å². The third-order valence-electron chi connectivity index (χ3n) is 3.35. The zero-order chi connectivity index (χ0) is 14.8. The van der Waals surface area contributed by atoms with Gasteiger partial charge in [-0.15, -0.1) is 11.3 Å². The van der Waals surface area contributed by atoms with Gasteiger partial charge in [-0.05, 0) is 25.0 Å². The number of nitrogens with zero attached hydrogens (tertiary/aromatic N) is 2. The first kappa shape index (κ1) is 13.7. The molecule has 2 N–H and O–H groups in total. The van der Waals surface area contributed by atoms with Gasteiger partial charge in [-0.1, -0.05) is 0 Å². The summed E-state index contributed by atoms with van der Waals surface area (Å²) in [6.07, 6.45) is 1.93. The molecule has 21 heavy (non-hydrogen) atoms. The van der Waals surface area contributed by atoms with Gasteiger partial charge in [0.25, 0.3) is 0 Å². The van der Waals surface area contributed by atoms with Gasteiger partial charge < -0.3 is 10.6 Å². The number of carbonyl (C=O) groups is 1. The molecule has 1 aromatic heterocycles. The largest absolute Gasteiger partial charge is 0.378 e. The van der Waals surface area contributed by atoms with Gasteiger partial charge in [-0.3, -0.25) is 14.9 Å². The van der Waals surface area contributed by atoms with Crippen molar-refractivity contribution in [3.8, 4) is 0 Å². The first-order valence-corrected chi connectivity index (χ1v) is 7.57. The van der Waals surface area contributed by atoms with Gasteiger partial charge in [0, 0.05) is 19.0 Å². The summed E-state index contributed by atoms with van der Waals surface area (Å²) in [4.78, 5) is 26.3. The van der Waals surface area contributed by atoms with Crippen LogP contribution in [0.1, 0.15) is 12.8 Å².